The maximum Gasteiger partial charge on any atom is 0.343 e. The van der Waals surface area contributed by atoms with E-state index in [4.69, 9.17) is 4.74 Å². The van der Waals surface area contributed by atoms with Gasteiger partial charge in [0.2, 0.25) is 0 Å². The van der Waals surface area contributed by atoms with Gasteiger partial charge in [-0.25, -0.2) is 4.79 Å². The maximum absolute atomic E-state index is 12.3. The highest BCUT2D eigenvalue weighted by Gasteiger charge is 2.20. The quantitative estimate of drug-likeness (QED) is 0.558. The minimum atomic E-state index is -0.572. The van der Waals surface area contributed by atoms with Crippen LogP contribution in [-0.2, 0) is 9.53 Å². The van der Waals surface area contributed by atoms with Gasteiger partial charge in [0.25, 0.3) is 5.91 Å². The maximum atomic E-state index is 12.3. The standard InChI is InChI=1S/C20H19N3O3S2/c1-13-18(19(21-2)28-23-13)20(25)26-12-17(24)22-15-10-6-7-11-16(15)27-14-8-4-3-5-9-14/h3-11,21H,12H2,1-2H3,(H,22,24). The molecule has 0 aliphatic rings. The third-order valence-electron chi connectivity index (χ3n) is 3.76. The summed E-state index contributed by atoms with van der Waals surface area (Å²) in [6.07, 6.45) is 0. The van der Waals surface area contributed by atoms with Crippen molar-refractivity contribution in [2.24, 2.45) is 0 Å². The van der Waals surface area contributed by atoms with E-state index >= 15 is 0 Å². The zero-order chi connectivity index (χ0) is 19.9. The number of ether oxygens (including phenoxy) is 1. The fourth-order valence-electron chi connectivity index (χ4n) is 2.44. The fraction of sp³-hybridized carbons (Fsp3) is 0.150. The number of nitrogens with one attached hydrogen (secondary N) is 2. The van der Waals surface area contributed by atoms with Crippen LogP contribution in [-0.4, -0.2) is 29.9 Å². The summed E-state index contributed by atoms with van der Waals surface area (Å²) in [6.45, 7) is 1.35. The number of hydrogen-bond acceptors (Lipinski definition) is 7. The van der Waals surface area contributed by atoms with Crippen LogP contribution < -0.4 is 10.6 Å². The summed E-state index contributed by atoms with van der Waals surface area (Å²) in [5, 5.41) is 6.33. The number of aryl methyl sites for hydroxylation is 1. The molecule has 3 aromatic rings. The number of amides is 1. The Morgan fingerprint density at radius 1 is 1.11 bits per heavy atom. The summed E-state index contributed by atoms with van der Waals surface area (Å²) < 4.78 is 9.30. The molecule has 0 atom stereocenters. The highest BCUT2D eigenvalue weighted by Crippen LogP contribution is 2.33. The molecule has 0 spiro atoms. The number of nitrogens with zero attached hydrogens (tertiary/aromatic N) is 1. The van der Waals surface area contributed by atoms with E-state index in [1.54, 1.807) is 25.7 Å². The lowest BCUT2D eigenvalue weighted by atomic mass is 10.2. The zero-order valence-corrected chi connectivity index (χ0v) is 17.0. The van der Waals surface area contributed by atoms with Crippen LogP contribution in [0.2, 0.25) is 0 Å². The number of carbonyl (C=O) groups excluding carboxylic acids is 2. The van der Waals surface area contributed by atoms with Gasteiger partial charge in [0.05, 0.1) is 11.4 Å². The van der Waals surface area contributed by atoms with Crippen molar-refractivity contribution in [2.75, 3.05) is 24.3 Å². The molecule has 28 heavy (non-hydrogen) atoms. The van der Waals surface area contributed by atoms with Crippen molar-refractivity contribution < 1.29 is 14.3 Å². The molecule has 0 bridgehead atoms. The van der Waals surface area contributed by atoms with Crippen LogP contribution in [0.1, 0.15) is 16.1 Å². The van der Waals surface area contributed by atoms with Crippen LogP contribution >= 0.6 is 23.3 Å². The van der Waals surface area contributed by atoms with Gasteiger partial charge in [-0.3, -0.25) is 4.79 Å². The van der Waals surface area contributed by atoms with E-state index in [2.05, 4.69) is 15.0 Å². The number of rotatable bonds is 7. The molecular formula is C20H19N3O3S2. The van der Waals surface area contributed by atoms with E-state index in [-0.39, 0.29) is 6.61 Å². The van der Waals surface area contributed by atoms with E-state index in [0.717, 1.165) is 9.79 Å². The van der Waals surface area contributed by atoms with Crippen molar-refractivity contribution >= 4 is 45.9 Å². The van der Waals surface area contributed by atoms with Crippen LogP contribution in [0.15, 0.2) is 64.4 Å². The molecule has 0 saturated heterocycles. The number of aromatic nitrogens is 1. The normalized spacial score (nSPS) is 10.4. The average Bonchev–Trinajstić information content (AvgIpc) is 3.09. The first-order chi connectivity index (χ1) is 13.6. The van der Waals surface area contributed by atoms with E-state index in [9.17, 15) is 9.59 Å². The number of anilines is 2. The number of para-hydroxylation sites is 1. The number of carbonyl (C=O) groups is 2. The molecule has 0 aliphatic heterocycles. The minimum Gasteiger partial charge on any atom is -0.452 e. The Morgan fingerprint density at radius 3 is 2.57 bits per heavy atom. The number of benzene rings is 2. The van der Waals surface area contributed by atoms with Gasteiger partial charge in [-0.2, -0.15) is 4.37 Å². The Kier molecular flexibility index (Phi) is 6.67. The first kappa shape index (κ1) is 19.9. The number of esters is 1. The van der Waals surface area contributed by atoms with Crippen LogP contribution in [0, 0.1) is 6.92 Å². The first-order valence-corrected chi connectivity index (χ1v) is 10.1. The van der Waals surface area contributed by atoms with Gasteiger partial charge in [-0.05, 0) is 42.7 Å². The molecule has 0 saturated carbocycles. The summed E-state index contributed by atoms with van der Waals surface area (Å²) >= 11 is 2.73. The van der Waals surface area contributed by atoms with Gasteiger partial charge in [-0.15, -0.1) is 0 Å². The lowest BCUT2D eigenvalue weighted by Crippen LogP contribution is -2.21. The Labute approximate surface area is 171 Å². The predicted octanol–water partition coefficient (Wildman–Crippen LogP) is 4.44. The average molecular weight is 414 g/mol. The second-order valence-corrected chi connectivity index (χ2v) is 7.65. The Bertz CT molecular complexity index is 974. The molecular weight excluding hydrogens is 394 g/mol. The second-order valence-electron chi connectivity index (χ2n) is 5.76. The summed E-state index contributed by atoms with van der Waals surface area (Å²) in [7, 11) is 1.71. The Morgan fingerprint density at radius 2 is 1.82 bits per heavy atom. The fourth-order valence-corrected chi connectivity index (χ4v) is 4.10. The summed E-state index contributed by atoms with van der Waals surface area (Å²) in [6, 6.07) is 17.4. The van der Waals surface area contributed by atoms with Gasteiger partial charge < -0.3 is 15.4 Å². The molecule has 0 fully saturated rings. The van der Waals surface area contributed by atoms with Gasteiger partial charge in [0.1, 0.15) is 10.6 Å². The molecule has 6 nitrogen and oxygen atoms in total. The van der Waals surface area contributed by atoms with Crippen LogP contribution in [0.25, 0.3) is 0 Å². The number of hydrogen-bond donors (Lipinski definition) is 2. The molecule has 0 unspecified atom stereocenters. The van der Waals surface area contributed by atoms with E-state index in [1.807, 2.05) is 54.6 Å². The first-order valence-electron chi connectivity index (χ1n) is 8.51. The minimum absolute atomic E-state index is 0.361. The molecule has 3 rings (SSSR count). The largest absolute Gasteiger partial charge is 0.452 e. The van der Waals surface area contributed by atoms with Crippen molar-refractivity contribution in [2.45, 2.75) is 16.7 Å². The second kappa shape index (κ2) is 9.38. The monoisotopic (exact) mass is 413 g/mol. The van der Waals surface area contributed by atoms with Crippen molar-refractivity contribution in [3.05, 3.63) is 65.9 Å². The molecule has 0 aliphatic carbocycles. The van der Waals surface area contributed by atoms with Gasteiger partial charge in [0, 0.05) is 16.8 Å². The summed E-state index contributed by atoms with van der Waals surface area (Å²) in [5.41, 5.74) is 1.60. The highest BCUT2D eigenvalue weighted by molar-refractivity contribution is 7.99. The van der Waals surface area contributed by atoms with Crippen molar-refractivity contribution in [3.8, 4) is 0 Å². The lowest BCUT2D eigenvalue weighted by molar-refractivity contribution is -0.119. The van der Waals surface area contributed by atoms with Gasteiger partial charge in [0.15, 0.2) is 6.61 Å². The molecule has 1 heterocycles. The third-order valence-corrected chi connectivity index (χ3v) is 5.80. The Hall–Kier alpha value is -2.84. The molecule has 144 valence electrons. The predicted molar refractivity (Wildman–Crippen MR) is 112 cm³/mol. The van der Waals surface area contributed by atoms with E-state index in [0.29, 0.717) is 21.9 Å². The van der Waals surface area contributed by atoms with Crippen LogP contribution in [0.3, 0.4) is 0 Å². The van der Waals surface area contributed by atoms with Crippen molar-refractivity contribution in [3.63, 3.8) is 0 Å². The molecule has 0 radical (unpaired) electrons. The molecule has 2 aromatic carbocycles. The van der Waals surface area contributed by atoms with Gasteiger partial charge in [-0.1, -0.05) is 42.1 Å². The van der Waals surface area contributed by atoms with E-state index < -0.39 is 11.9 Å². The highest BCUT2D eigenvalue weighted by atomic mass is 32.2. The summed E-state index contributed by atoms with van der Waals surface area (Å²) in [5.74, 6) is -0.973. The van der Waals surface area contributed by atoms with E-state index in [1.165, 1.54) is 11.5 Å². The topological polar surface area (TPSA) is 80.3 Å². The third kappa shape index (κ3) is 4.90. The summed E-state index contributed by atoms with van der Waals surface area (Å²) in [4.78, 5) is 26.6. The smallest absolute Gasteiger partial charge is 0.343 e. The Balaban J connectivity index is 1.62. The molecule has 1 aromatic heterocycles. The SMILES string of the molecule is CNc1snc(C)c1C(=O)OCC(=O)Nc1ccccc1Sc1ccccc1. The van der Waals surface area contributed by atoms with Crippen LogP contribution in [0.4, 0.5) is 10.7 Å². The molecule has 8 heteroatoms. The molecule has 1 amide bonds. The van der Waals surface area contributed by atoms with Crippen LogP contribution in [0.5, 0.6) is 0 Å². The van der Waals surface area contributed by atoms with Crippen molar-refractivity contribution in [1.82, 2.24) is 4.37 Å². The lowest BCUT2D eigenvalue weighted by Gasteiger charge is -2.11. The molecule has 2 N–H and O–H groups in total. The van der Waals surface area contributed by atoms with Crippen molar-refractivity contribution in [1.29, 1.82) is 0 Å². The zero-order valence-electron chi connectivity index (χ0n) is 15.4. The van der Waals surface area contributed by atoms with Gasteiger partial charge >= 0.3 is 5.97 Å².